The van der Waals surface area contributed by atoms with Crippen LogP contribution >= 0.6 is 22.9 Å². The Balaban J connectivity index is 0.000000913. The first kappa shape index (κ1) is 24.4. The molecule has 0 aromatic carbocycles. The maximum atomic E-state index is 10.6. The highest BCUT2D eigenvalue weighted by Crippen LogP contribution is 2.38. The molecule has 0 unspecified atom stereocenters. The lowest BCUT2D eigenvalue weighted by molar-refractivity contribution is -0.106. The fourth-order valence-corrected chi connectivity index (χ4v) is 5.39. The number of halogens is 1. The van der Waals surface area contributed by atoms with Gasteiger partial charge in [0.05, 0.1) is 29.2 Å². The topological polar surface area (TPSA) is 126 Å². The first-order chi connectivity index (χ1) is 15.4. The number of nitrogens with zero attached hydrogens (tertiary/aromatic N) is 3. The van der Waals surface area contributed by atoms with Gasteiger partial charge in [-0.2, -0.15) is 11.3 Å². The molecule has 4 rings (SSSR count). The number of amides is 1. The Morgan fingerprint density at radius 1 is 1.34 bits per heavy atom. The summed E-state index contributed by atoms with van der Waals surface area (Å²) in [5, 5.41) is 29.4. The highest BCUT2D eigenvalue weighted by atomic mass is 35.5. The van der Waals surface area contributed by atoms with Gasteiger partial charge in [-0.15, -0.1) is 0 Å². The fourth-order valence-electron chi connectivity index (χ4n) is 4.31. The number of nitrogens with two attached hydrogens (primary N) is 1. The minimum Gasteiger partial charge on any atom is -0.390 e. The quantitative estimate of drug-likeness (QED) is 0.385. The number of hydrogen-bond acceptors (Lipinski definition) is 7. The van der Waals surface area contributed by atoms with E-state index in [1.807, 2.05) is 22.9 Å². The lowest BCUT2D eigenvalue weighted by Gasteiger charge is -2.20. The average Bonchev–Trinajstić information content (AvgIpc) is 3.47. The minimum atomic E-state index is -0.806. The van der Waals surface area contributed by atoms with Crippen LogP contribution in [0.5, 0.6) is 0 Å². The highest BCUT2D eigenvalue weighted by molar-refractivity contribution is 7.08. The molecule has 1 fully saturated rings. The minimum absolute atomic E-state index is 0.0913. The number of primary amides is 1. The molecule has 1 amide bonds. The van der Waals surface area contributed by atoms with E-state index in [1.54, 1.807) is 23.9 Å². The Labute approximate surface area is 196 Å². The van der Waals surface area contributed by atoms with Crippen molar-refractivity contribution in [2.45, 2.75) is 63.8 Å². The van der Waals surface area contributed by atoms with E-state index in [1.165, 1.54) is 0 Å². The van der Waals surface area contributed by atoms with E-state index in [9.17, 15) is 10.2 Å². The Bertz CT molecular complexity index is 1030. The summed E-state index contributed by atoms with van der Waals surface area (Å²) in [6, 6.07) is 1.95. The number of thiophene rings is 1. The first-order valence-corrected chi connectivity index (χ1v) is 12.1. The van der Waals surface area contributed by atoms with Crippen LogP contribution in [0, 0.1) is 5.92 Å². The lowest BCUT2D eigenvalue weighted by atomic mass is 10.0. The molecule has 32 heavy (non-hydrogen) atoms. The number of nitrogens with one attached hydrogen (secondary N) is 1. The van der Waals surface area contributed by atoms with Gasteiger partial charge < -0.3 is 25.8 Å². The normalized spacial score (nSPS) is 23.5. The molecule has 0 radical (unpaired) electrons. The van der Waals surface area contributed by atoms with Crippen molar-refractivity contribution in [3.05, 3.63) is 39.9 Å². The van der Waals surface area contributed by atoms with Crippen LogP contribution in [0.15, 0.2) is 29.4 Å². The number of aliphatic hydroxyl groups excluding tert-OH is 2. The Morgan fingerprint density at radius 2 is 2.09 bits per heavy atom. The Morgan fingerprint density at radius 3 is 2.69 bits per heavy atom. The number of aromatic nitrogens is 3. The van der Waals surface area contributed by atoms with Crippen LogP contribution < -0.4 is 11.1 Å². The van der Waals surface area contributed by atoms with Crippen LogP contribution in [0.1, 0.15) is 44.7 Å². The molecular formula is C22H30ClN5O3S. The molecule has 1 aliphatic rings. The van der Waals surface area contributed by atoms with Crippen molar-refractivity contribution < 1.29 is 15.0 Å². The zero-order valence-corrected chi connectivity index (χ0v) is 19.8. The molecule has 3 aromatic heterocycles. The molecule has 0 bridgehead atoms. The van der Waals surface area contributed by atoms with Crippen LogP contribution in [-0.2, 0) is 11.2 Å². The van der Waals surface area contributed by atoms with Gasteiger partial charge in [0, 0.05) is 17.6 Å². The number of imidazole rings is 1. The van der Waals surface area contributed by atoms with Gasteiger partial charge in [-0.1, -0.05) is 31.9 Å². The number of pyridine rings is 1. The second-order valence-electron chi connectivity index (χ2n) is 7.97. The third-order valence-corrected chi connectivity index (χ3v) is 7.39. The molecule has 0 saturated heterocycles. The number of fused-ring (bicyclic) bond motifs is 1. The number of carbonyl (C=O) groups excluding carboxylic acids is 1. The van der Waals surface area contributed by atoms with E-state index in [0.717, 1.165) is 53.1 Å². The van der Waals surface area contributed by atoms with Crippen molar-refractivity contribution in [3.63, 3.8) is 0 Å². The van der Waals surface area contributed by atoms with Gasteiger partial charge in [-0.3, -0.25) is 4.79 Å². The second-order valence-corrected chi connectivity index (χ2v) is 9.12. The van der Waals surface area contributed by atoms with E-state index in [-0.39, 0.29) is 24.4 Å². The summed E-state index contributed by atoms with van der Waals surface area (Å²) in [5.74, 6) is 0.0913. The van der Waals surface area contributed by atoms with Crippen LogP contribution in [0.2, 0.25) is 5.02 Å². The largest absolute Gasteiger partial charge is 0.390 e. The summed E-state index contributed by atoms with van der Waals surface area (Å²) >= 11 is 7.89. The summed E-state index contributed by atoms with van der Waals surface area (Å²) in [6.45, 7) is 4.19. The molecule has 3 heterocycles. The monoisotopic (exact) mass is 479 g/mol. The van der Waals surface area contributed by atoms with E-state index in [4.69, 9.17) is 16.4 Å². The van der Waals surface area contributed by atoms with E-state index in [0.29, 0.717) is 0 Å². The molecule has 5 N–H and O–H groups in total. The molecule has 1 saturated carbocycles. The van der Waals surface area contributed by atoms with E-state index < -0.39 is 12.2 Å². The number of carbonyl (C=O) groups is 1. The van der Waals surface area contributed by atoms with Crippen molar-refractivity contribution in [1.82, 2.24) is 14.5 Å². The van der Waals surface area contributed by atoms with Crippen LogP contribution in [0.25, 0.3) is 11.2 Å². The highest BCUT2D eigenvalue weighted by Gasteiger charge is 2.42. The van der Waals surface area contributed by atoms with E-state index >= 15 is 0 Å². The third kappa shape index (κ3) is 5.06. The number of rotatable bonds is 7. The van der Waals surface area contributed by atoms with Crippen LogP contribution in [-0.4, -0.2) is 49.4 Å². The van der Waals surface area contributed by atoms with Gasteiger partial charge in [0.25, 0.3) is 0 Å². The van der Waals surface area contributed by atoms with Crippen LogP contribution in [0.4, 0.5) is 5.69 Å². The standard InChI is InChI=1S/C21H27ClN4O2S.CH3NO/c1-3-12-8-17(20(28)19(12)27)26-11-24-18-16(5-6-23-21(18)26)25-14(4-2)7-13-9-29-10-15(13)22;2-1-3/h5-6,9-12,14,17,19-20,27-28H,3-4,7-8H2,1-2H3,(H,23,25);1H,(H2,2,3)/t12-,14+,17+,19+,20-;/m0./s1. The van der Waals surface area contributed by atoms with Crippen LogP contribution in [0.3, 0.4) is 0 Å². The molecule has 0 aliphatic heterocycles. The Hall–Kier alpha value is -2.20. The van der Waals surface area contributed by atoms with Crippen molar-refractivity contribution in [3.8, 4) is 0 Å². The molecular weight excluding hydrogens is 450 g/mol. The molecule has 174 valence electrons. The third-order valence-electron chi connectivity index (χ3n) is 6.12. The molecule has 8 nitrogen and oxygen atoms in total. The summed E-state index contributed by atoms with van der Waals surface area (Å²) in [4.78, 5) is 17.7. The summed E-state index contributed by atoms with van der Waals surface area (Å²) < 4.78 is 1.92. The molecule has 1 aliphatic carbocycles. The van der Waals surface area contributed by atoms with Gasteiger partial charge in [-0.25, -0.2) is 9.97 Å². The summed E-state index contributed by atoms with van der Waals surface area (Å²) in [6.07, 6.45) is 5.59. The predicted octanol–water partition coefficient (Wildman–Crippen LogP) is 3.37. The number of hydrogen-bond donors (Lipinski definition) is 4. The summed E-state index contributed by atoms with van der Waals surface area (Å²) in [5.41, 5.74) is 7.75. The smallest absolute Gasteiger partial charge is 0.204 e. The fraction of sp³-hybridized carbons (Fsp3) is 0.500. The second kappa shape index (κ2) is 11.1. The zero-order valence-electron chi connectivity index (χ0n) is 18.2. The maximum absolute atomic E-state index is 10.6. The molecule has 0 spiro atoms. The number of aliphatic hydroxyl groups is 2. The molecule has 5 atom stereocenters. The molecule has 3 aromatic rings. The van der Waals surface area contributed by atoms with Crippen molar-refractivity contribution >= 4 is 46.2 Å². The molecule has 10 heteroatoms. The maximum Gasteiger partial charge on any atom is 0.204 e. The lowest BCUT2D eigenvalue weighted by Crippen LogP contribution is -2.29. The number of anilines is 1. The van der Waals surface area contributed by atoms with Gasteiger partial charge >= 0.3 is 0 Å². The van der Waals surface area contributed by atoms with E-state index in [2.05, 4.69) is 33.3 Å². The zero-order chi connectivity index (χ0) is 23.3. The van der Waals surface area contributed by atoms with Gasteiger partial charge in [0.2, 0.25) is 6.41 Å². The Kier molecular flexibility index (Phi) is 8.47. The predicted molar refractivity (Wildman–Crippen MR) is 128 cm³/mol. The first-order valence-electron chi connectivity index (χ1n) is 10.7. The summed E-state index contributed by atoms with van der Waals surface area (Å²) in [7, 11) is 0. The SMILES string of the molecule is CC[C@H](Cc1cscc1Cl)Nc1ccnc2c1ncn2[C@@H]1C[C@H](CC)[C@@H](O)[C@H]1O.NC=O. The van der Waals surface area contributed by atoms with Gasteiger partial charge in [-0.05, 0) is 42.2 Å². The van der Waals surface area contributed by atoms with Crippen molar-refractivity contribution in [1.29, 1.82) is 0 Å². The van der Waals surface area contributed by atoms with Crippen molar-refractivity contribution in [2.24, 2.45) is 11.7 Å². The average molecular weight is 480 g/mol. The van der Waals surface area contributed by atoms with Gasteiger partial charge in [0.1, 0.15) is 11.6 Å². The van der Waals surface area contributed by atoms with Crippen molar-refractivity contribution in [2.75, 3.05) is 5.32 Å². The van der Waals surface area contributed by atoms with Gasteiger partial charge in [0.15, 0.2) is 5.65 Å².